The van der Waals surface area contributed by atoms with Crippen molar-refractivity contribution < 1.29 is 0 Å². The number of hydrogen-bond acceptors (Lipinski definition) is 3. The average molecular weight is 225 g/mol. The first-order valence-electron chi connectivity index (χ1n) is 5.67. The average Bonchev–Trinajstić information content (AvgIpc) is 2.41. The first kappa shape index (κ1) is 11.3. The second kappa shape index (κ2) is 6.43. The number of nitrogens with zero attached hydrogens (tertiary/aromatic N) is 2. The number of anilines is 1. The summed E-state index contributed by atoms with van der Waals surface area (Å²) in [5.74, 6) is 0.767. The van der Waals surface area contributed by atoms with Crippen molar-refractivity contribution in [3.05, 3.63) is 60.3 Å². The fraction of sp³-hybridized carbons (Fsp3) is 0.143. The van der Waals surface area contributed by atoms with Crippen molar-refractivity contribution in [1.29, 1.82) is 0 Å². The third kappa shape index (κ3) is 4.07. The van der Waals surface area contributed by atoms with Crippen LogP contribution in [0.25, 0.3) is 0 Å². The maximum absolute atomic E-state index is 4.12. The molecule has 0 amide bonds. The molecule has 2 aromatic rings. The lowest BCUT2D eigenvalue weighted by Crippen LogP contribution is -1.92. The van der Waals surface area contributed by atoms with Crippen molar-refractivity contribution in [2.45, 2.75) is 12.8 Å². The second-order valence-electron chi connectivity index (χ2n) is 3.66. The molecule has 1 N–H and O–H groups in total. The van der Waals surface area contributed by atoms with Gasteiger partial charge in [-0.1, -0.05) is 36.4 Å². The summed E-state index contributed by atoms with van der Waals surface area (Å²) >= 11 is 0. The van der Waals surface area contributed by atoms with Crippen LogP contribution in [0.3, 0.4) is 0 Å². The molecule has 2 rings (SSSR count). The summed E-state index contributed by atoms with van der Waals surface area (Å²) in [6.07, 6.45) is 5.54. The van der Waals surface area contributed by atoms with E-state index in [1.54, 1.807) is 6.20 Å². The summed E-state index contributed by atoms with van der Waals surface area (Å²) < 4.78 is 0. The number of aryl methyl sites for hydroxylation is 1. The van der Waals surface area contributed by atoms with E-state index < -0.39 is 0 Å². The van der Waals surface area contributed by atoms with E-state index >= 15 is 0 Å². The predicted octanol–water partition coefficient (Wildman–Crippen LogP) is 3.11. The smallest absolute Gasteiger partial charge is 0.146 e. The first-order chi connectivity index (χ1) is 8.45. The number of pyridine rings is 1. The highest BCUT2D eigenvalue weighted by Crippen LogP contribution is 2.02. The van der Waals surface area contributed by atoms with Gasteiger partial charge < -0.3 is 0 Å². The van der Waals surface area contributed by atoms with E-state index in [4.69, 9.17) is 0 Å². The Morgan fingerprint density at radius 3 is 2.65 bits per heavy atom. The minimum atomic E-state index is 0.767. The summed E-state index contributed by atoms with van der Waals surface area (Å²) in [5.41, 5.74) is 4.22. The largest absolute Gasteiger partial charge is 0.262 e. The lowest BCUT2D eigenvalue weighted by atomic mass is 10.1. The molecule has 1 heterocycles. The Hall–Kier alpha value is -2.16. The van der Waals surface area contributed by atoms with Gasteiger partial charge in [-0.2, -0.15) is 5.10 Å². The zero-order chi connectivity index (χ0) is 11.8. The third-order valence-corrected chi connectivity index (χ3v) is 2.34. The fourth-order valence-electron chi connectivity index (χ4n) is 1.48. The topological polar surface area (TPSA) is 37.3 Å². The van der Waals surface area contributed by atoms with Gasteiger partial charge in [0.2, 0.25) is 0 Å². The molecule has 0 spiro atoms. The molecule has 0 radical (unpaired) electrons. The normalized spacial score (nSPS) is 10.6. The molecule has 0 saturated carbocycles. The van der Waals surface area contributed by atoms with E-state index in [-0.39, 0.29) is 0 Å². The van der Waals surface area contributed by atoms with Gasteiger partial charge in [-0.15, -0.1) is 0 Å². The molecule has 0 aliphatic heterocycles. The Balaban J connectivity index is 1.72. The van der Waals surface area contributed by atoms with Crippen molar-refractivity contribution >= 4 is 12.0 Å². The zero-order valence-electron chi connectivity index (χ0n) is 9.58. The van der Waals surface area contributed by atoms with E-state index in [9.17, 15) is 0 Å². The van der Waals surface area contributed by atoms with Crippen LogP contribution < -0.4 is 5.43 Å². The summed E-state index contributed by atoms with van der Waals surface area (Å²) in [5, 5.41) is 4.12. The summed E-state index contributed by atoms with van der Waals surface area (Å²) in [7, 11) is 0. The molecule has 0 unspecified atom stereocenters. The SMILES string of the molecule is C(/CCc1ccccc1)=N/Nc1ccccn1. The van der Waals surface area contributed by atoms with Crippen LogP contribution in [0.15, 0.2) is 59.8 Å². The monoisotopic (exact) mass is 225 g/mol. The van der Waals surface area contributed by atoms with E-state index in [0.717, 1.165) is 18.7 Å². The van der Waals surface area contributed by atoms with Crippen LogP contribution in [-0.4, -0.2) is 11.2 Å². The van der Waals surface area contributed by atoms with E-state index in [0.29, 0.717) is 0 Å². The Morgan fingerprint density at radius 2 is 1.88 bits per heavy atom. The summed E-state index contributed by atoms with van der Waals surface area (Å²) in [6, 6.07) is 16.1. The Labute approximate surface area is 101 Å². The maximum Gasteiger partial charge on any atom is 0.146 e. The zero-order valence-corrected chi connectivity index (χ0v) is 9.58. The van der Waals surface area contributed by atoms with Gasteiger partial charge in [-0.05, 0) is 30.5 Å². The van der Waals surface area contributed by atoms with Crippen molar-refractivity contribution in [1.82, 2.24) is 4.98 Å². The van der Waals surface area contributed by atoms with Crippen LogP contribution in [0.1, 0.15) is 12.0 Å². The Morgan fingerprint density at radius 1 is 1.06 bits per heavy atom. The molecular formula is C14H15N3. The highest BCUT2D eigenvalue weighted by molar-refractivity contribution is 5.59. The number of benzene rings is 1. The van der Waals surface area contributed by atoms with E-state index in [1.165, 1.54) is 5.56 Å². The van der Waals surface area contributed by atoms with E-state index in [2.05, 4.69) is 39.8 Å². The minimum absolute atomic E-state index is 0.767. The van der Waals surface area contributed by atoms with Crippen LogP contribution in [-0.2, 0) is 6.42 Å². The molecule has 0 fully saturated rings. The van der Waals surface area contributed by atoms with Gasteiger partial charge in [0.15, 0.2) is 0 Å². The molecule has 0 saturated heterocycles. The van der Waals surface area contributed by atoms with Crippen LogP contribution >= 0.6 is 0 Å². The Kier molecular flexibility index (Phi) is 4.28. The van der Waals surface area contributed by atoms with Crippen LogP contribution in [0.4, 0.5) is 5.82 Å². The highest BCUT2D eigenvalue weighted by atomic mass is 15.3. The molecule has 0 aliphatic carbocycles. The molecule has 86 valence electrons. The first-order valence-corrected chi connectivity index (χ1v) is 5.67. The molecule has 0 atom stereocenters. The molecular weight excluding hydrogens is 210 g/mol. The van der Waals surface area contributed by atoms with Gasteiger partial charge in [-0.3, -0.25) is 5.43 Å². The van der Waals surface area contributed by atoms with Crippen molar-refractivity contribution in [3.8, 4) is 0 Å². The standard InChI is InChI=1S/C14H15N3/c1-2-7-13(8-3-1)9-6-12-16-17-14-10-4-5-11-15-14/h1-5,7-8,10-12H,6,9H2,(H,15,17)/b16-12-. The van der Waals surface area contributed by atoms with Gasteiger partial charge >= 0.3 is 0 Å². The van der Waals surface area contributed by atoms with Crippen LogP contribution in [0.5, 0.6) is 0 Å². The molecule has 0 aliphatic rings. The lowest BCUT2D eigenvalue weighted by Gasteiger charge is -1.98. The molecule has 1 aromatic carbocycles. The number of rotatable bonds is 5. The third-order valence-electron chi connectivity index (χ3n) is 2.34. The number of hydrazone groups is 1. The molecule has 3 heteroatoms. The Bertz CT molecular complexity index is 451. The lowest BCUT2D eigenvalue weighted by molar-refractivity contribution is 1.05. The second-order valence-corrected chi connectivity index (χ2v) is 3.66. The molecule has 0 bridgehead atoms. The van der Waals surface area contributed by atoms with Crippen molar-refractivity contribution in [2.75, 3.05) is 5.43 Å². The van der Waals surface area contributed by atoms with Gasteiger partial charge in [0.1, 0.15) is 5.82 Å². The van der Waals surface area contributed by atoms with Gasteiger partial charge in [0, 0.05) is 12.4 Å². The number of hydrogen-bond donors (Lipinski definition) is 1. The van der Waals surface area contributed by atoms with Gasteiger partial charge in [0.25, 0.3) is 0 Å². The van der Waals surface area contributed by atoms with Crippen LogP contribution in [0, 0.1) is 0 Å². The highest BCUT2D eigenvalue weighted by Gasteiger charge is 1.89. The summed E-state index contributed by atoms with van der Waals surface area (Å²) in [6.45, 7) is 0. The minimum Gasteiger partial charge on any atom is -0.262 e. The van der Waals surface area contributed by atoms with Gasteiger partial charge in [-0.25, -0.2) is 4.98 Å². The van der Waals surface area contributed by atoms with Crippen LogP contribution in [0.2, 0.25) is 0 Å². The summed E-state index contributed by atoms with van der Waals surface area (Å²) in [4.78, 5) is 4.11. The van der Waals surface area contributed by atoms with Crippen molar-refractivity contribution in [2.24, 2.45) is 5.10 Å². The number of nitrogens with one attached hydrogen (secondary N) is 1. The molecule has 1 aromatic heterocycles. The van der Waals surface area contributed by atoms with Gasteiger partial charge in [0.05, 0.1) is 0 Å². The molecule has 17 heavy (non-hydrogen) atoms. The number of aromatic nitrogens is 1. The predicted molar refractivity (Wildman–Crippen MR) is 71.1 cm³/mol. The van der Waals surface area contributed by atoms with Crippen molar-refractivity contribution in [3.63, 3.8) is 0 Å². The maximum atomic E-state index is 4.12. The fourth-order valence-corrected chi connectivity index (χ4v) is 1.48. The molecule has 3 nitrogen and oxygen atoms in total. The quantitative estimate of drug-likeness (QED) is 0.627. The van der Waals surface area contributed by atoms with E-state index in [1.807, 2.05) is 30.5 Å².